The van der Waals surface area contributed by atoms with Crippen molar-refractivity contribution in [2.75, 3.05) is 20.0 Å². The summed E-state index contributed by atoms with van der Waals surface area (Å²) in [6.45, 7) is 2.29. The molecule has 5 rings (SSSR count). The molecule has 0 bridgehead atoms. The first-order valence-corrected chi connectivity index (χ1v) is 16.7. The number of hydrogen-bond donors (Lipinski definition) is 1. The number of esters is 1. The summed E-state index contributed by atoms with van der Waals surface area (Å²) in [5.41, 5.74) is 5.31. The van der Waals surface area contributed by atoms with E-state index in [9.17, 15) is 13.2 Å². The SMILES string of the molecule is CCC(NS(C)(=O)=O)c1c(CCOc2ccc(C(=O)OC)cc2)c2cc(Cl)ccc2n1C(c1ccccc1)c1ccccc1. The fourth-order valence-electron chi connectivity index (χ4n) is 5.72. The lowest BCUT2D eigenvalue weighted by Gasteiger charge is -2.28. The fraction of sp³-hybridized carbons (Fsp3) is 0.229. The number of ether oxygens (including phenoxy) is 2. The number of sulfonamides is 1. The van der Waals surface area contributed by atoms with Gasteiger partial charge in [0.15, 0.2) is 0 Å². The topological polar surface area (TPSA) is 86.6 Å². The molecule has 9 heteroatoms. The molecule has 1 atom stereocenters. The monoisotopic (exact) mass is 630 g/mol. The molecule has 0 radical (unpaired) electrons. The van der Waals surface area contributed by atoms with Gasteiger partial charge in [0, 0.05) is 28.0 Å². The number of benzene rings is 4. The summed E-state index contributed by atoms with van der Waals surface area (Å²) in [7, 11) is -2.21. The van der Waals surface area contributed by atoms with E-state index in [1.165, 1.54) is 13.4 Å². The molecule has 0 aliphatic heterocycles. The second-order valence-corrected chi connectivity index (χ2v) is 12.8. The number of aromatic nitrogens is 1. The predicted molar refractivity (Wildman–Crippen MR) is 175 cm³/mol. The highest BCUT2D eigenvalue weighted by Crippen LogP contribution is 2.40. The Morgan fingerprint density at radius 1 is 0.909 bits per heavy atom. The van der Waals surface area contributed by atoms with Crippen LogP contribution in [0.4, 0.5) is 0 Å². The largest absolute Gasteiger partial charge is 0.493 e. The second-order valence-electron chi connectivity index (χ2n) is 10.6. The number of nitrogens with zero attached hydrogens (tertiary/aromatic N) is 1. The number of fused-ring (bicyclic) bond motifs is 1. The van der Waals surface area contributed by atoms with Gasteiger partial charge in [-0.05, 0) is 65.6 Å². The first-order valence-electron chi connectivity index (χ1n) is 14.4. The highest BCUT2D eigenvalue weighted by molar-refractivity contribution is 7.88. The van der Waals surface area contributed by atoms with Crippen molar-refractivity contribution in [1.29, 1.82) is 0 Å². The third-order valence-electron chi connectivity index (χ3n) is 7.59. The van der Waals surface area contributed by atoms with Crippen molar-refractivity contribution in [2.45, 2.75) is 31.8 Å². The number of rotatable bonds is 12. The molecule has 1 unspecified atom stereocenters. The van der Waals surface area contributed by atoms with Crippen LogP contribution in [-0.4, -0.2) is 38.9 Å². The Balaban J connectivity index is 1.68. The van der Waals surface area contributed by atoms with E-state index in [-0.39, 0.29) is 6.04 Å². The molecule has 0 amide bonds. The molecule has 5 aromatic rings. The van der Waals surface area contributed by atoms with Crippen molar-refractivity contribution in [2.24, 2.45) is 0 Å². The number of carbonyl (C=O) groups is 1. The Labute approximate surface area is 263 Å². The van der Waals surface area contributed by atoms with Crippen LogP contribution in [0.3, 0.4) is 0 Å². The molecular formula is C35H35ClN2O5S. The van der Waals surface area contributed by atoms with E-state index in [0.29, 0.717) is 35.8 Å². The van der Waals surface area contributed by atoms with E-state index in [1.807, 2.05) is 61.5 Å². The van der Waals surface area contributed by atoms with E-state index < -0.39 is 22.0 Å². The molecule has 228 valence electrons. The summed E-state index contributed by atoms with van der Waals surface area (Å²) in [5, 5.41) is 1.52. The molecule has 7 nitrogen and oxygen atoms in total. The van der Waals surface area contributed by atoms with Crippen LogP contribution in [0.5, 0.6) is 5.75 Å². The fourth-order valence-corrected chi connectivity index (χ4v) is 6.69. The van der Waals surface area contributed by atoms with Gasteiger partial charge >= 0.3 is 5.97 Å². The zero-order valence-corrected chi connectivity index (χ0v) is 26.4. The van der Waals surface area contributed by atoms with Crippen molar-refractivity contribution < 1.29 is 22.7 Å². The van der Waals surface area contributed by atoms with Gasteiger partial charge in [0.05, 0.1) is 37.6 Å². The lowest BCUT2D eigenvalue weighted by atomic mass is 9.96. The Kier molecular flexibility index (Phi) is 9.74. The van der Waals surface area contributed by atoms with E-state index >= 15 is 0 Å². The van der Waals surface area contributed by atoms with Crippen molar-refractivity contribution in [3.63, 3.8) is 0 Å². The summed E-state index contributed by atoms with van der Waals surface area (Å²) in [4.78, 5) is 11.8. The Hall–Kier alpha value is -4.11. The zero-order chi connectivity index (χ0) is 31.3. The summed E-state index contributed by atoms with van der Waals surface area (Å²) >= 11 is 6.58. The van der Waals surface area contributed by atoms with Gasteiger partial charge < -0.3 is 14.0 Å². The Bertz CT molecular complexity index is 1800. The minimum Gasteiger partial charge on any atom is -0.493 e. The molecular weight excluding hydrogens is 596 g/mol. The molecule has 0 saturated heterocycles. The summed E-state index contributed by atoms with van der Waals surface area (Å²) in [6.07, 6.45) is 2.19. The van der Waals surface area contributed by atoms with E-state index in [1.54, 1.807) is 24.3 Å². The minimum atomic E-state index is -3.55. The third-order valence-corrected chi connectivity index (χ3v) is 8.54. The molecule has 0 saturated carbocycles. The first kappa shape index (κ1) is 31.3. The van der Waals surface area contributed by atoms with Gasteiger partial charge in [0.2, 0.25) is 10.0 Å². The van der Waals surface area contributed by atoms with Crippen LogP contribution in [0.1, 0.15) is 58.2 Å². The van der Waals surface area contributed by atoms with E-state index in [2.05, 4.69) is 33.6 Å². The highest BCUT2D eigenvalue weighted by Gasteiger charge is 2.30. The number of methoxy groups -OCH3 is 1. The first-order chi connectivity index (χ1) is 21.2. The molecule has 4 aromatic carbocycles. The smallest absolute Gasteiger partial charge is 0.337 e. The average Bonchev–Trinajstić information content (AvgIpc) is 3.33. The quantitative estimate of drug-likeness (QED) is 0.146. The number of nitrogens with one attached hydrogen (secondary N) is 1. The lowest BCUT2D eigenvalue weighted by molar-refractivity contribution is 0.0600. The molecule has 0 spiro atoms. The molecule has 1 heterocycles. The van der Waals surface area contributed by atoms with Crippen LogP contribution < -0.4 is 9.46 Å². The van der Waals surface area contributed by atoms with Crippen LogP contribution in [0, 0.1) is 0 Å². The summed E-state index contributed by atoms with van der Waals surface area (Å²) in [6, 6.07) is 32.2. The average molecular weight is 631 g/mol. The van der Waals surface area contributed by atoms with Crippen LogP contribution in [0.25, 0.3) is 10.9 Å². The van der Waals surface area contributed by atoms with Crippen molar-refractivity contribution in [3.05, 3.63) is 136 Å². The molecule has 0 fully saturated rings. The molecule has 44 heavy (non-hydrogen) atoms. The van der Waals surface area contributed by atoms with Crippen molar-refractivity contribution >= 4 is 38.5 Å². The summed E-state index contributed by atoms with van der Waals surface area (Å²) < 4.78 is 41.4. The van der Waals surface area contributed by atoms with Gasteiger partial charge in [0.1, 0.15) is 5.75 Å². The maximum atomic E-state index is 12.7. The van der Waals surface area contributed by atoms with Crippen molar-refractivity contribution in [1.82, 2.24) is 9.29 Å². The van der Waals surface area contributed by atoms with E-state index in [0.717, 1.165) is 33.3 Å². The molecule has 1 N–H and O–H groups in total. The zero-order valence-electron chi connectivity index (χ0n) is 24.9. The van der Waals surface area contributed by atoms with Gasteiger partial charge in [-0.2, -0.15) is 0 Å². The van der Waals surface area contributed by atoms with Crippen LogP contribution in [-0.2, 0) is 21.2 Å². The number of hydrogen-bond acceptors (Lipinski definition) is 5. The van der Waals surface area contributed by atoms with Crippen LogP contribution in [0.2, 0.25) is 5.02 Å². The molecule has 0 aliphatic rings. The van der Waals surface area contributed by atoms with Gasteiger partial charge in [-0.1, -0.05) is 79.2 Å². The third kappa shape index (κ3) is 6.99. The van der Waals surface area contributed by atoms with Crippen LogP contribution in [0.15, 0.2) is 103 Å². The van der Waals surface area contributed by atoms with Crippen LogP contribution >= 0.6 is 11.6 Å². The van der Waals surface area contributed by atoms with Gasteiger partial charge in [-0.3, -0.25) is 0 Å². The maximum absolute atomic E-state index is 12.7. The van der Waals surface area contributed by atoms with Crippen molar-refractivity contribution in [3.8, 4) is 5.75 Å². The van der Waals surface area contributed by atoms with E-state index in [4.69, 9.17) is 21.1 Å². The van der Waals surface area contributed by atoms with Gasteiger partial charge in [-0.25, -0.2) is 17.9 Å². The minimum absolute atomic E-state index is 0.244. The number of halogens is 1. The second kappa shape index (κ2) is 13.7. The normalized spacial score (nSPS) is 12.4. The molecule has 0 aliphatic carbocycles. The standard InChI is InChI=1S/C35H35ClN2O5S/c1-4-31(37-44(3,40)41)34-29(21-22-43-28-18-15-26(16-19-28)35(39)42-2)30-23-27(36)17-20-32(30)38(34)33(24-11-7-5-8-12-24)25-13-9-6-10-14-25/h5-20,23,31,33,37H,4,21-22H2,1-3H3. The maximum Gasteiger partial charge on any atom is 0.337 e. The summed E-state index contributed by atoms with van der Waals surface area (Å²) in [5.74, 6) is 0.190. The number of carbonyl (C=O) groups excluding carboxylic acids is 1. The predicted octanol–water partition coefficient (Wildman–Crippen LogP) is 7.34. The lowest BCUT2D eigenvalue weighted by Crippen LogP contribution is -2.30. The van der Waals surface area contributed by atoms with Gasteiger partial charge in [-0.15, -0.1) is 0 Å². The molecule has 1 aromatic heterocycles. The highest BCUT2D eigenvalue weighted by atomic mass is 35.5. The Morgan fingerprint density at radius 2 is 1.52 bits per heavy atom. The Morgan fingerprint density at radius 3 is 2.07 bits per heavy atom. The van der Waals surface area contributed by atoms with Gasteiger partial charge in [0.25, 0.3) is 0 Å².